The average Bonchev–Trinajstić information content (AvgIpc) is 2.37. The zero-order chi connectivity index (χ0) is 15.8. The highest BCUT2D eigenvalue weighted by Crippen LogP contribution is 2.38. The van der Waals surface area contributed by atoms with Crippen molar-refractivity contribution >= 4 is 28.9 Å². The Kier molecular flexibility index (Phi) is 5.12. The molecule has 1 aromatic carbocycles. The van der Waals surface area contributed by atoms with Gasteiger partial charge in [-0.15, -0.1) is 0 Å². The van der Waals surface area contributed by atoms with E-state index in [4.69, 9.17) is 23.2 Å². The summed E-state index contributed by atoms with van der Waals surface area (Å²) >= 11 is 12.9. The molecule has 1 aromatic rings. The van der Waals surface area contributed by atoms with E-state index in [-0.39, 0.29) is 5.41 Å². The maximum atomic E-state index is 6.45. The van der Waals surface area contributed by atoms with Crippen molar-refractivity contribution in [1.82, 2.24) is 5.32 Å². The van der Waals surface area contributed by atoms with E-state index in [9.17, 15) is 0 Å². The van der Waals surface area contributed by atoms with Crippen LogP contribution in [0.4, 0.5) is 5.69 Å². The van der Waals surface area contributed by atoms with Crippen LogP contribution in [0.15, 0.2) is 18.2 Å². The number of nitrogens with zero attached hydrogens (tertiary/aromatic N) is 1. The molecule has 1 saturated heterocycles. The van der Waals surface area contributed by atoms with Gasteiger partial charge in [0, 0.05) is 25.2 Å². The van der Waals surface area contributed by atoms with Gasteiger partial charge >= 0.3 is 0 Å². The van der Waals surface area contributed by atoms with Crippen LogP contribution in [0.25, 0.3) is 0 Å². The number of halogens is 2. The number of hydrogen-bond acceptors (Lipinski definition) is 2. The number of benzene rings is 1. The van der Waals surface area contributed by atoms with E-state index in [1.165, 1.54) is 0 Å². The lowest BCUT2D eigenvalue weighted by Crippen LogP contribution is -2.62. The van der Waals surface area contributed by atoms with E-state index < -0.39 is 0 Å². The molecular weight excluding hydrogens is 303 g/mol. The molecule has 4 heteroatoms. The molecule has 0 aliphatic carbocycles. The molecule has 0 saturated carbocycles. The van der Waals surface area contributed by atoms with Gasteiger partial charge in [-0.3, -0.25) is 0 Å². The summed E-state index contributed by atoms with van der Waals surface area (Å²) in [7, 11) is 0. The Morgan fingerprint density at radius 3 is 2.24 bits per heavy atom. The number of hydrogen-bond donors (Lipinski definition) is 1. The van der Waals surface area contributed by atoms with Gasteiger partial charge in [-0.25, -0.2) is 0 Å². The largest absolute Gasteiger partial charge is 0.363 e. The van der Waals surface area contributed by atoms with Crippen LogP contribution in [0.1, 0.15) is 34.6 Å². The Morgan fingerprint density at radius 2 is 1.76 bits per heavy atom. The quantitative estimate of drug-likeness (QED) is 0.835. The minimum absolute atomic E-state index is 0.202. The van der Waals surface area contributed by atoms with Crippen molar-refractivity contribution in [3.63, 3.8) is 0 Å². The van der Waals surface area contributed by atoms with Crippen molar-refractivity contribution in [3.8, 4) is 0 Å². The van der Waals surface area contributed by atoms with Gasteiger partial charge in [0.2, 0.25) is 0 Å². The van der Waals surface area contributed by atoms with Gasteiger partial charge < -0.3 is 10.2 Å². The van der Waals surface area contributed by atoms with Crippen molar-refractivity contribution in [2.24, 2.45) is 11.3 Å². The third-order valence-electron chi connectivity index (χ3n) is 4.39. The van der Waals surface area contributed by atoms with Crippen molar-refractivity contribution in [2.45, 2.75) is 46.7 Å². The van der Waals surface area contributed by atoms with Crippen molar-refractivity contribution < 1.29 is 0 Å². The van der Waals surface area contributed by atoms with Gasteiger partial charge in [0.05, 0.1) is 15.7 Å². The molecule has 118 valence electrons. The minimum atomic E-state index is 0.202. The molecular formula is C17H26Cl2N2. The summed E-state index contributed by atoms with van der Waals surface area (Å²) in [6.07, 6.45) is 0. The molecule has 0 amide bonds. The summed E-state index contributed by atoms with van der Waals surface area (Å²) in [6.45, 7) is 13.2. The Bertz CT molecular complexity index is 474. The van der Waals surface area contributed by atoms with E-state index in [0.29, 0.717) is 18.0 Å². The van der Waals surface area contributed by atoms with Gasteiger partial charge in [-0.05, 0) is 23.5 Å². The van der Waals surface area contributed by atoms with Crippen LogP contribution in [-0.2, 0) is 0 Å². The van der Waals surface area contributed by atoms with E-state index >= 15 is 0 Å². The fraction of sp³-hybridized carbons (Fsp3) is 0.647. The van der Waals surface area contributed by atoms with Gasteiger partial charge in [-0.1, -0.05) is 63.9 Å². The molecule has 0 radical (unpaired) electrons. The highest BCUT2D eigenvalue weighted by Gasteiger charge is 2.36. The smallest absolute Gasteiger partial charge is 0.0748 e. The first kappa shape index (κ1) is 16.9. The van der Waals surface area contributed by atoms with Gasteiger partial charge in [0.15, 0.2) is 0 Å². The minimum Gasteiger partial charge on any atom is -0.363 e. The summed E-state index contributed by atoms with van der Waals surface area (Å²) in [5.74, 6) is 0.533. The molecule has 2 nitrogen and oxygen atoms in total. The molecule has 2 unspecified atom stereocenters. The first-order valence-electron chi connectivity index (χ1n) is 7.66. The van der Waals surface area contributed by atoms with Crippen LogP contribution in [0.2, 0.25) is 10.0 Å². The molecule has 2 rings (SSSR count). The standard InChI is InChI=1S/C17H26Cl2N2/c1-11(2)14-9-20-15(17(3,4)5)10-21(14)16-12(18)7-6-8-13(16)19/h6-8,11,14-15,20H,9-10H2,1-5H3. The maximum absolute atomic E-state index is 6.45. The Hall–Kier alpha value is -0.440. The van der Waals surface area contributed by atoms with Crippen LogP contribution in [-0.4, -0.2) is 25.2 Å². The van der Waals surface area contributed by atoms with Crippen LogP contribution in [0.5, 0.6) is 0 Å². The van der Waals surface area contributed by atoms with Gasteiger partial charge in [0.25, 0.3) is 0 Å². The zero-order valence-corrected chi connectivity index (χ0v) is 15.1. The first-order valence-corrected chi connectivity index (χ1v) is 8.41. The molecule has 0 bridgehead atoms. The summed E-state index contributed by atoms with van der Waals surface area (Å²) < 4.78 is 0. The molecule has 21 heavy (non-hydrogen) atoms. The maximum Gasteiger partial charge on any atom is 0.0748 e. The van der Waals surface area contributed by atoms with Crippen molar-refractivity contribution in [2.75, 3.05) is 18.0 Å². The molecule has 0 spiro atoms. The molecule has 2 atom stereocenters. The molecule has 1 fully saturated rings. The average molecular weight is 329 g/mol. The Balaban J connectivity index is 2.39. The molecule has 1 heterocycles. The summed E-state index contributed by atoms with van der Waals surface area (Å²) in [5, 5.41) is 5.18. The van der Waals surface area contributed by atoms with E-state index in [1.54, 1.807) is 0 Å². The number of rotatable bonds is 2. The monoisotopic (exact) mass is 328 g/mol. The number of piperazine rings is 1. The number of anilines is 1. The second kappa shape index (κ2) is 6.36. The fourth-order valence-electron chi connectivity index (χ4n) is 2.97. The molecule has 1 aliphatic heterocycles. The molecule has 1 N–H and O–H groups in total. The molecule has 1 aliphatic rings. The second-order valence-electron chi connectivity index (χ2n) is 7.36. The summed E-state index contributed by atoms with van der Waals surface area (Å²) in [4.78, 5) is 2.40. The van der Waals surface area contributed by atoms with Gasteiger partial charge in [0.1, 0.15) is 0 Å². The van der Waals surface area contributed by atoms with E-state index in [1.807, 2.05) is 18.2 Å². The Labute approximate surface area is 138 Å². The lowest BCUT2D eigenvalue weighted by Gasteiger charge is -2.48. The normalized spacial score (nSPS) is 23.7. The number of para-hydroxylation sites is 1. The lowest BCUT2D eigenvalue weighted by atomic mass is 9.83. The second-order valence-corrected chi connectivity index (χ2v) is 8.18. The van der Waals surface area contributed by atoms with Crippen molar-refractivity contribution in [3.05, 3.63) is 28.2 Å². The topological polar surface area (TPSA) is 15.3 Å². The molecule has 0 aromatic heterocycles. The number of nitrogens with one attached hydrogen (secondary N) is 1. The predicted molar refractivity (Wildman–Crippen MR) is 93.7 cm³/mol. The van der Waals surface area contributed by atoms with Crippen LogP contribution in [0, 0.1) is 11.3 Å². The van der Waals surface area contributed by atoms with Gasteiger partial charge in [-0.2, -0.15) is 0 Å². The third kappa shape index (κ3) is 3.67. The van der Waals surface area contributed by atoms with E-state index in [2.05, 4.69) is 44.8 Å². The van der Waals surface area contributed by atoms with Crippen LogP contribution < -0.4 is 10.2 Å². The zero-order valence-electron chi connectivity index (χ0n) is 13.6. The fourth-order valence-corrected chi connectivity index (χ4v) is 3.58. The van der Waals surface area contributed by atoms with Crippen LogP contribution in [0.3, 0.4) is 0 Å². The lowest BCUT2D eigenvalue weighted by molar-refractivity contribution is 0.221. The summed E-state index contributed by atoms with van der Waals surface area (Å²) in [5.41, 5.74) is 1.18. The Morgan fingerprint density at radius 1 is 1.19 bits per heavy atom. The van der Waals surface area contributed by atoms with Crippen LogP contribution >= 0.6 is 23.2 Å². The SMILES string of the molecule is CC(C)C1CNC(C(C)(C)C)CN1c1c(Cl)cccc1Cl. The third-order valence-corrected chi connectivity index (χ3v) is 5.00. The van der Waals surface area contributed by atoms with E-state index in [0.717, 1.165) is 28.8 Å². The highest BCUT2D eigenvalue weighted by molar-refractivity contribution is 6.39. The van der Waals surface area contributed by atoms with Crippen molar-refractivity contribution in [1.29, 1.82) is 0 Å². The predicted octanol–water partition coefficient (Wildman–Crippen LogP) is 4.84. The summed E-state index contributed by atoms with van der Waals surface area (Å²) in [6, 6.07) is 6.57. The highest BCUT2D eigenvalue weighted by atomic mass is 35.5. The first-order chi connectivity index (χ1) is 9.71.